The van der Waals surface area contributed by atoms with Crippen LogP contribution < -0.4 is 5.32 Å². The molecule has 1 fully saturated rings. The lowest BCUT2D eigenvalue weighted by Gasteiger charge is -2.35. The van der Waals surface area contributed by atoms with Gasteiger partial charge in [-0.05, 0) is 38.3 Å². The number of carbonyl (C=O) groups excluding carboxylic acids is 1. The van der Waals surface area contributed by atoms with E-state index in [2.05, 4.69) is 16.9 Å². The molecule has 0 radical (unpaired) electrons. The molecule has 1 aromatic carbocycles. The second-order valence-electron chi connectivity index (χ2n) is 7.04. The molecule has 0 bridgehead atoms. The van der Waals surface area contributed by atoms with Gasteiger partial charge in [-0.25, -0.2) is 4.79 Å². The summed E-state index contributed by atoms with van der Waals surface area (Å²) in [4.78, 5) is 14.9. The van der Waals surface area contributed by atoms with Crippen molar-refractivity contribution in [3.63, 3.8) is 0 Å². The Morgan fingerprint density at radius 2 is 2.22 bits per heavy atom. The van der Waals surface area contributed by atoms with Gasteiger partial charge in [0.25, 0.3) is 0 Å². The zero-order chi connectivity index (χ0) is 18.8. The summed E-state index contributed by atoms with van der Waals surface area (Å²) < 4.78 is 7.78. The summed E-state index contributed by atoms with van der Waals surface area (Å²) in [6.07, 6.45) is 3.90. The molecule has 0 spiro atoms. The largest absolute Gasteiger partial charge is 0.376 e. The second-order valence-corrected chi connectivity index (χ2v) is 7.45. The minimum absolute atomic E-state index is 0.0236. The molecule has 27 heavy (non-hydrogen) atoms. The number of urea groups is 1. The van der Waals surface area contributed by atoms with E-state index in [1.54, 1.807) is 6.07 Å². The Labute approximate surface area is 164 Å². The molecule has 2 aliphatic rings. The third-order valence-corrected chi connectivity index (χ3v) is 5.75. The summed E-state index contributed by atoms with van der Waals surface area (Å²) in [7, 11) is 0. The molecule has 4 rings (SSSR count). The highest BCUT2D eigenvalue weighted by Gasteiger charge is 2.34. The van der Waals surface area contributed by atoms with Crippen molar-refractivity contribution in [1.82, 2.24) is 14.7 Å². The van der Waals surface area contributed by atoms with Gasteiger partial charge in [0, 0.05) is 30.8 Å². The number of hydrogen-bond acceptors (Lipinski definition) is 3. The number of anilines is 1. The molecule has 6 nitrogen and oxygen atoms in total. The molecule has 2 aromatic rings. The van der Waals surface area contributed by atoms with Gasteiger partial charge in [0.1, 0.15) is 0 Å². The number of ether oxygens (including phenoxy) is 1. The van der Waals surface area contributed by atoms with Crippen molar-refractivity contribution >= 4 is 23.3 Å². The van der Waals surface area contributed by atoms with E-state index in [-0.39, 0.29) is 12.1 Å². The predicted octanol–water partition coefficient (Wildman–Crippen LogP) is 4.39. The van der Waals surface area contributed by atoms with Gasteiger partial charge in [-0.1, -0.05) is 23.7 Å². The number of aromatic nitrogens is 2. The number of nitrogens with one attached hydrogen (secondary N) is 1. The number of amides is 2. The van der Waals surface area contributed by atoms with Gasteiger partial charge in [-0.2, -0.15) is 5.10 Å². The van der Waals surface area contributed by atoms with Crippen LogP contribution in [0.1, 0.15) is 49.2 Å². The third kappa shape index (κ3) is 3.56. The van der Waals surface area contributed by atoms with Crippen molar-refractivity contribution < 1.29 is 9.53 Å². The summed E-state index contributed by atoms with van der Waals surface area (Å²) in [5, 5.41) is 8.39. The van der Waals surface area contributed by atoms with Crippen molar-refractivity contribution in [2.45, 2.75) is 51.8 Å². The van der Waals surface area contributed by atoms with Crippen LogP contribution in [0.4, 0.5) is 10.5 Å². The lowest BCUT2D eigenvalue weighted by molar-refractivity contribution is 0.106. The number of rotatable bonds is 3. The van der Waals surface area contributed by atoms with Gasteiger partial charge in [0.2, 0.25) is 0 Å². The fourth-order valence-electron chi connectivity index (χ4n) is 4.07. The highest BCUT2D eigenvalue weighted by molar-refractivity contribution is 6.33. The SMILES string of the molecule is CCn1nc(C2CCCCN2C(=O)Nc2ccccc2Cl)c2c1CCOC2. The summed E-state index contributed by atoms with van der Waals surface area (Å²) in [6.45, 7) is 4.98. The molecule has 1 atom stereocenters. The third-order valence-electron chi connectivity index (χ3n) is 5.42. The van der Waals surface area contributed by atoms with Crippen molar-refractivity contribution in [3.05, 3.63) is 46.2 Å². The number of benzene rings is 1. The first-order chi connectivity index (χ1) is 13.2. The molecular formula is C20H25ClN4O2. The molecule has 7 heteroatoms. The number of nitrogens with zero attached hydrogens (tertiary/aromatic N) is 3. The van der Waals surface area contributed by atoms with Gasteiger partial charge >= 0.3 is 6.03 Å². The van der Waals surface area contributed by atoms with Crippen molar-refractivity contribution in [2.24, 2.45) is 0 Å². The Morgan fingerprint density at radius 1 is 1.37 bits per heavy atom. The van der Waals surface area contributed by atoms with E-state index in [0.29, 0.717) is 17.3 Å². The fraction of sp³-hybridized carbons (Fsp3) is 0.500. The van der Waals surface area contributed by atoms with E-state index in [1.165, 1.54) is 11.3 Å². The van der Waals surface area contributed by atoms with Crippen LogP contribution in [-0.2, 0) is 24.3 Å². The van der Waals surface area contributed by atoms with Gasteiger partial charge in [0.05, 0.1) is 35.7 Å². The molecule has 1 saturated heterocycles. The van der Waals surface area contributed by atoms with Crippen LogP contribution >= 0.6 is 11.6 Å². The number of para-hydroxylation sites is 1. The summed E-state index contributed by atoms with van der Waals surface area (Å²) in [5.41, 5.74) is 4.07. The Kier molecular flexibility index (Phi) is 5.36. The molecule has 2 aliphatic heterocycles. The van der Waals surface area contributed by atoms with E-state index >= 15 is 0 Å². The quantitative estimate of drug-likeness (QED) is 0.848. The maximum Gasteiger partial charge on any atom is 0.322 e. The highest BCUT2D eigenvalue weighted by atomic mass is 35.5. The van der Waals surface area contributed by atoms with Gasteiger partial charge in [-0.15, -0.1) is 0 Å². The number of piperidine rings is 1. The van der Waals surface area contributed by atoms with Crippen LogP contribution in [0.2, 0.25) is 5.02 Å². The molecule has 0 aliphatic carbocycles. The van der Waals surface area contributed by atoms with E-state index in [1.807, 2.05) is 23.1 Å². The first-order valence-corrected chi connectivity index (χ1v) is 10.0. The number of fused-ring (bicyclic) bond motifs is 1. The van der Waals surface area contributed by atoms with Crippen molar-refractivity contribution in [3.8, 4) is 0 Å². The Balaban J connectivity index is 1.62. The van der Waals surface area contributed by atoms with Gasteiger partial charge in [-0.3, -0.25) is 4.68 Å². The van der Waals surface area contributed by atoms with E-state index in [4.69, 9.17) is 21.4 Å². The molecule has 144 valence electrons. The minimum atomic E-state index is -0.121. The summed E-state index contributed by atoms with van der Waals surface area (Å²) in [5.74, 6) is 0. The summed E-state index contributed by atoms with van der Waals surface area (Å²) in [6, 6.07) is 7.17. The van der Waals surface area contributed by atoms with Crippen LogP contribution in [-0.4, -0.2) is 33.9 Å². The first-order valence-electron chi connectivity index (χ1n) is 9.67. The zero-order valence-electron chi connectivity index (χ0n) is 15.6. The molecular weight excluding hydrogens is 364 g/mol. The van der Waals surface area contributed by atoms with E-state index in [0.717, 1.165) is 51.1 Å². The number of carbonyl (C=O) groups is 1. The Bertz CT molecular complexity index is 835. The molecule has 0 saturated carbocycles. The Hall–Kier alpha value is -2.05. The zero-order valence-corrected chi connectivity index (χ0v) is 16.3. The fourth-order valence-corrected chi connectivity index (χ4v) is 4.26. The lowest BCUT2D eigenvalue weighted by Crippen LogP contribution is -2.41. The number of aryl methyl sites for hydroxylation is 1. The van der Waals surface area contributed by atoms with Crippen molar-refractivity contribution in [2.75, 3.05) is 18.5 Å². The highest BCUT2D eigenvalue weighted by Crippen LogP contribution is 2.35. The number of halogens is 1. The van der Waals surface area contributed by atoms with Crippen LogP contribution in [0, 0.1) is 0 Å². The van der Waals surface area contributed by atoms with Crippen LogP contribution in [0.25, 0.3) is 0 Å². The molecule has 2 amide bonds. The van der Waals surface area contributed by atoms with E-state index in [9.17, 15) is 4.79 Å². The topological polar surface area (TPSA) is 59.4 Å². The monoisotopic (exact) mass is 388 g/mol. The van der Waals surface area contributed by atoms with Gasteiger partial charge < -0.3 is 15.0 Å². The second kappa shape index (κ2) is 7.90. The molecule has 1 unspecified atom stereocenters. The minimum Gasteiger partial charge on any atom is -0.376 e. The molecule has 3 heterocycles. The van der Waals surface area contributed by atoms with Gasteiger partial charge in [0.15, 0.2) is 0 Å². The molecule has 1 N–H and O–H groups in total. The number of likely N-dealkylation sites (tertiary alicyclic amines) is 1. The average Bonchev–Trinajstić information content (AvgIpc) is 3.08. The van der Waals surface area contributed by atoms with Crippen molar-refractivity contribution in [1.29, 1.82) is 0 Å². The molecule has 1 aromatic heterocycles. The lowest BCUT2D eigenvalue weighted by atomic mass is 9.95. The van der Waals surface area contributed by atoms with Crippen LogP contribution in [0.5, 0.6) is 0 Å². The normalized spacial score (nSPS) is 19.6. The average molecular weight is 389 g/mol. The van der Waals surface area contributed by atoms with E-state index < -0.39 is 0 Å². The predicted molar refractivity (Wildman–Crippen MR) is 105 cm³/mol. The first kappa shape index (κ1) is 18.3. The number of hydrogen-bond donors (Lipinski definition) is 1. The standard InChI is InChI=1S/C20H25ClN4O2/c1-2-25-17-10-12-27-13-14(17)19(23-25)18-9-5-6-11-24(18)20(26)22-16-8-4-3-7-15(16)21/h3-4,7-8,18H,2,5-6,9-13H2,1H3,(H,22,26). The maximum absolute atomic E-state index is 13.0. The Morgan fingerprint density at radius 3 is 3.04 bits per heavy atom. The summed E-state index contributed by atoms with van der Waals surface area (Å²) >= 11 is 6.21. The maximum atomic E-state index is 13.0. The van der Waals surface area contributed by atoms with Crippen LogP contribution in [0.3, 0.4) is 0 Å². The van der Waals surface area contributed by atoms with Crippen LogP contribution in [0.15, 0.2) is 24.3 Å². The smallest absolute Gasteiger partial charge is 0.322 e.